The van der Waals surface area contributed by atoms with Gasteiger partial charge in [0.2, 0.25) is 0 Å². The van der Waals surface area contributed by atoms with Gasteiger partial charge in [-0.25, -0.2) is 4.98 Å². The molecule has 87 valence electrons. The van der Waals surface area contributed by atoms with Crippen molar-refractivity contribution in [2.75, 3.05) is 5.32 Å². The largest absolute Gasteiger partial charge is 0.298 e. The van der Waals surface area contributed by atoms with Gasteiger partial charge in [-0.2, -0.15) is 0 Å². The van der Waals surface area contributed by atoms with Gasteiger partial charge < -0.3 is 0 Å². The van der Waals surface area contributed by atoms with Gasteiger partial charge in [-0.15, -0.1) is 11.3 Å². The van der Waals surface area contributed by atoms with Gasteiger partial charge in [-0.05, 0) is 31.0 Å². The van der Waals surface area contributed by atoms with Crippen LogP contribution in [0.25, 0.3) is 0 Å². The molecule has 0 fully saturated rings. The molecule has 17 heavy (non-hydrogen) atoms. The molecule has 1 radical (unpaired) electrons. The van der Waals surface area contributed by atoms with Crippen molar-refractivity contribution in [3.05, 3.63) is 53.4 Å². The Morgan fingerprint density at radius 3 is 3.00 bits per heavy atom. The van der Waals surface area contributed by atoms with Crippen LogP contribution in [0, 0.1) is 6.92 Å². The number of carbonyl (C=O) groups excluding carboxylic acids is 1. The Labute approximate surface area is 105 Å². The summed E-state index contributed by atoms with van der Waals surface area (Å²) in [5.41, 5.74) is 2.42. The third-order valence-electron chi connectivity index (χ3n) is 2.32. The molecule has 1 amide bonds. The second-order valence-corrected chi connectivity index (χ2v) is 4.51. The molecule has 2 rings (SSSR count). The Morgan fingerprint density at radius 1 is 1.53 bits per heavy atom. The summed E-state index contributed by atoms with van der Waals surface area (Å²) in [4.78, 5) is 16.2. The molecule has 0 aliphatic carbocycles. The summed E-state index contributed by atoms with van der Waals surface area (Å²) in [6.07, 6.45) is 0.876. The summed E-state index contributed by atoms with van der Waals surface area (Å²) < 4.78 is 0. The molecule has 0 saturated carbocycles. The Kier molecular flexibility index (Phi) is 3.54. The highest BCUT2D eigenvalue weighted by atomic mass is 32.1. The summed E-state index contributed by atoms with van der Waals surface area (Å²) in [7, 11) is 0. The number of nitrogens with one attached hydrogen (secondary N) is 1. The van der Waals surface area contributed by atoms with Gasteiger partial charge in [0.1, 0.15) is 0 Å². The normalized spacial score (nSPS) is 10.2. The van der Waals surface area contributed by atoms with E-state index in [9.17, 15) is 4.79 Å². The fraction of sp³-hybridized carbons (Fsp3) is 0.154. The molecule has 0 unspecified atom stereocenters. The molecule has 0 atom stereocenters. The lowest BCUT2D eigenvalue weighted by atomic mass is 10.1. The van der Waals surface area contributed by atoms with Gasteiger partial charge >= 0.3 is 0 Å². The van der Waals surface area contributed by atoms with Crippen LogP contribution in [-0.2, 0) is 6.42 Å². The van der Waals surface area contributed by atoms with Crippen molar-refractivity contribution in [1.29, 1.82) is 0 Å². The third kappa shape index (κ3) is 2.91. The van der Waals surface area contributed by atoms with Crippen molar-refractivity contribution in [2.45, 2.75) is 13.3 Å². The molecule has 0 aliphatic heterocycles. The molecule has 1 aromatic carbocycles. The standard InChI is InChI=1S/C13H13N2OS/c1-3-11-8-17-13(14-11)15-12(16)10-6-4-5-9(2)7-10/h4-8H,2-3H2,1H3,(H,14,15,16). The Hall–Kier alpha value is -1.68. The fourth-order valence-corrected chi connectivity index (χ4v) is 2.20. The minimum atomic E-state index is -0.146. The molecule has 1 heterocycles. The van der Waals surface area contributed by atoms with Crippen LogP contribution in [0.3, 0.4) is 0 Å². The van der Waals surface area contributed by atoms with Crippen LogP contribution >= 0.6 is 11.3 Å². The number of aryl methyl sites for hydroxylation is 1. The van der Waals surface area contributed by atoms with E-state index >= 15 is 0 Å². The monoisotopic (exact) mass is 245 g/mol. The first-order valence-corrected chi connectivity index (χ1v) is 6.25. The van der Waals surface area contributed by atoms with Gasteiger partial charge in [-0.3, -0.25) is 10.1 Å². The highest BCUT2D eigenvalue weighted by molar-refractivity contribution is 7.13. The van der Waals surface area contributed by atoms with Crippen LogP contribution in [-0.4, -0.2) is 10.9 Å². The van der Waals surface area contributed by atoms with E-state index < -0.39 is 0 Å². The quantitative estimate of drug-likeness (QED) is 0.902. The zero-order valence-corrected chi connectivity index (χ0v) is 10.4. The number of aromatic nitrogens is 1. The Balaban J connectivity index is 2.11. The van der Waals surface area contributed by atoms with Crippen LogP contribution in [0.1, 0.15) is 28.5 Å². The van der Waals surface area contributed by atoms with Gasteiger partial charge in [0.25, 0.3) is 5.91 Å². The Bertz CT molecular complexity index is 534. The van der Waals surface area contributed by atoms with Crippen LogP contribution in [0.4, 0.5) is 5.13 Å². The summed E-state index contributed by atoms with van der Waals surface area (Å²) in [6.45, 7) is 5.83. The lowest BCUT2D eigenvalue weighted by molar-refractivity contribution is 0.102. The number of hydrogen-bond acceptors (Lipinski definition) is 3. The van der Waals surface area contributed by atoms with Crippen molar-refractivity contribution in [2.24, 2.45) is 0 Å². The first-order chi connectivity index (χ1) is 8.19. The second-order valence-electron chi connectivity index (χ2n) is 3.65. The number of anilines is 1. The molecular formula is C13H13N2OS. The van der Waals surface area contributed by atoms with Gasteiger partial charge in [-0.1, -0.05) is 19.1 Å². The minimum absolute atomic E-state index is 0.146. The molecule has 2 aromatic rings. The molecule has 4 heteroatoms. The molecule has 0 aliphatic rings. The van der Waals surface area contributed by atoms with Gasteiger partial charge in [0, 0.05) is 10.9 Å². The smallest absolute Gasteiger partial charge is 0.257 e. The van der Waals surface area contributed by atoms with Crippen LogP contribution in [0.2, 0.25) is 0 Å². The fourth-order valence-electron chi connectivity index (χ4n) is 1.41. The average Bonchev–Trinajstić information content (AvgIpc) is 2.77. The number of amides is 1. The van der Waals surface area contributed by atoms with Crippen molar-refractivity contribution < 1.29 is 4.79 Å². The van der Waals surface area contributed by atoms with E-state index in [1.807, 2.05) is 24.4 Å². The average molecular weight is 245 g/mol. The molecule has 0 spiro atoms. The number of carbonyl (C=O) groups is 1. The molecule has 1 N–H and O–H groups in total. The maximum atomic E-state index is 11.9. The van der Waals surface area contributed by atoms with E-state index in [-0.39, 0.29) is 5.91 Å². The number of rotatable bonds is 3. The topological polar surface area (TPSA) is 42.0 Å². The summed E-state index contributed by atoms with van der Waals surface area (Å²) >= 11 is 1.44. The zero-order chi connectivity index (χ0) is 12.3. The highest BCUT2D eigenvalue weighted by Crippen LogP contribution is 2.17. The summed E-state index contributed by atoms with van der Waals surface area (Å²) in [6, 6.07) is 7.19. The number of nitrogens with zero attached hydrogens (tertiary/aromatic N) is 1. The number of thiazole rings is 1. The molecule has 1 aromatic heterocycles. The predicted molar refractivity (Wildman–Crippen MR) is 70.3 cm³/mol. The van der Waals surface area contributed by atoms with E-state index in [1.54, 1.807) is 12.1 Å². The van der Waals surface area contributed by atoms with E-state index in [4.69, 9.17) is 0 Å². The number of hydrogen-bond donors (Lipinski definition) is 1. The summed E-state index contributed by atoms with van der Waals surface area (Å²) in [5, 5.41) is 5.37. The van der Waals surface area contributed by atoms with E-state index in [2.05, 4.69) is 17.2 Å². The van der Waals surface area contributed by atoms with Gasteiger partial charge in [0.15, 0.2) is 5.13 Å². The first-order valence-electron chi connectivity index (χ1n) is 5.37. The van der Waals surface area contributed by atoms with E-state index in [1.165, 1.54) is 11.3 Å². The van der Waals surface area contributed by atoms with Crippen molar-refractivity contribution >= 4 is 22.4 Å². The Morgan fingerprint density at radius 2 is 2.35 bits per heavy atom. The lowest BCUT2D eigenvalue weighted by Crippen LogP contribution is -2.11. The lowest BCUT2D eigenvalue weighted by Gasteiger charge is -2.02. The molecular weight excluding hydrogens is 232 g/mol. The van der Waals surface area contributed by atoms with Crippen LogP contribution in [0.15, 0.2) is 29.6 Å². The molecule has 0 bridgehead atoms. The van der Waals surface area contributed by atoms with E-state index in [0.717, 1.165) is 17.7 Å². The second kappa shape index (κ2) is 5.10. The SMILES string of the molecule is [CH2]c1cccc(C(=O)Nc2nc(CC)cs2)c1. The maximum absolute atomic E-state index is 11.9. The predicted octanol–water partition coefficient (Wildman–Crippen LogP) is 3.14. The van der Waals surface area contributed by atoms with E-state index in [0.29, 0.717) is 10.7 Å². The minimum Gasteiger partial charge on any atom is -0.298 e. The first kappa shape index (κ1) is 11.8. The van der Waals surface area contributed by atoms with Crippen LogP contribution < -0.4 is 5.32 Å². The molecule has 3 nitrogen and oxygen atoms in total. The van der Waals surface area contributed by atoms with Crippen molar-refractivity contribution in [3.8, 4) is 0 Å². The van der Waals surface area contributed by atoms with Crippen LogP contribution in [0.5, 0.6) is 0 Å². The van der Waals surface area contributed by atoms with Crippen molar-refractivity contribution in [3.63, 3.8) is 0 Å². The molecule has 0 saturated heterocycles. The van der Waals surface area contributed by atoms with Gasteiger partial charge in [0.05, 0.1) is 5.69 Å². The number of benzene rings is 1. The maximum Gasteiger partial charge on any atom is 0.257 e. The highest BCUT2D eigenvalue weighted by Gasteiger charge is 2.08. The van der Waals surface area contributed by atoms with Crippen molar-refractivity contribution in [1.82, 2.24) is 4.98 Å². The zero-order valence-electron chi connectivity index (χ0n) is 9.56. The third-order valence-corrected chi connectivity index (χ3v) is 3.13. The summed E-state index contributed by atoms with van der Waals surface area (Å²) in [5.74, 6) is -0.146.